The second-order valence-corrected chi connectivity index (χ2v) is 6.61. The molecular weight excluding hydrogens is 367 g/mol. The fraction of sp³-hybridized carbons (Fsp3) is 0.353. The van der Waals surface area contributed by atoms with Gasteiger partial charge in [-0.3, -0.25) is 9.59 Å². The average molecular weight is 385 g/mol. The summed E-state index contributed by atoms with van der Waals surface area (Å²) in [5.41, 5.74) is -0.0429. The highest BCUT2D eigenvalue weighted by Gasteiger charge is 2.33. The average Bonchev–Trinajstić information content (AvgIpc) is 2.59. The van der Waals surface area contributed by atoms with Crippen LogP contribution in [0.25, 0.3) is 0 Å². The zero-order valence-electron chi connectivity index (χ0n) is 14.3. The molecule has 0 fully saturated rings. The summed E-state index contributed by atoms with van der Waals surface area (Å²) in [5, 5.41) is -0.237. The smallest absolute Gasteiger partial charge is 0.341 e. The number of H-pyrrole nitrogens is 1. The van der Waals surface area contributed by atoms with Crippen molar-refractivity contribution in [2.24, 2.45) is 0 Å². The van der Waals surface area contributed by atoms with Crippen LogP contribution in [0.4, 0.5) is 13.2 Å². The quantitative estimate of drug-likeness (QED) is 0.613. The highest BCUT2D eigenvalue weighted by molar-refractivity contribution is 7.99. The van der Waals surface area contributed by atoms with Gasteiger partial charge in [0, 0.05) is 19.7 Å². The van der Waals surface area contributed by atoms with E-state index in [0.29, 0.717) is 12.6 Å². The molecule has 1 aromatic carbocycles. The second-order valence-electron chi connectivity index (χ2n) is 5.64. The lowest BCUT2D eigenvalue weighted by Gasteiger charge is -2.17. The van der Waals surface area contributed by atoms with Gasteiger partial charge in [-0.1, -0.05) is 43.0 Å². The van der Waals surface area contributed by atoms with Crippen LogP contribution in [0.5, 0.6) is 0 Å². The van der Waals surface area contributed by atoms with Gasteiger partial charge in [-0.2, -0.15) is 13.2 Å². The molecular formula is C17H18F3N3O2S. The van der Waals surface area contributed by atoms with Crippen molar-refractivity contribution in [1.29, 1.82) is 0 Å². The Morgan fingerprint density at radius 1 is 1.23 bits per heavy atom. The predicted molar refractivity (Wildman–Crippen MR) is 92.9 cm³/mol. The number of aryl methyl sites for hydroxylation is 1. The van der Waals surface area contributed by atoms with Crippen molar-refractivity contribution in [3.63, 3.8) is 0 Å². The third kappa shape index (κ3) is 5.62. The van der Waals surface area contributed by atoms with Crippen molar-refractivity contribution in [1.82, 2.24) is 14.9 Å². The Morgan fingerprint density at radius 3 is 2.42 bits per heavy atom. The molecule has 0 aliphatic heterocycles. The monoisotopic (exact) mass is 385 g/mol. The Kier molecular flexibility index (Phi) is 6.47. The van der Waals surface area contributed by atoms with E-state index in [2.05, 4.69) is 9.97 Å². The van der Waals surface area contributed by atoms with E-state index in [1.165, 1.54) is 10.5 Å². The topological polar surface area (TPSA) is 66.1 Å². The number of aromatic amines is 1. The number of aromatic nitrogens is 2. The number of benzene rings is 1. The highest BCUT2D eigenvalue weighted by atomic mass is 32.2. The maximum atomic E-state index is 12.7. The number of amides is 1. The standard InChI is InChI=1S/C17H18F3N3O2S/c1-3-11-4-6-12(7-5-11)9-23(2)15(25)10-26-16-21-13(17(18,19)20)8-14(24)22-16/h4-8H,3,9-10H2,1-2H3,(H,21,22,24). The summed E-state index contributed by atoms with van der Waals surface area (Å²) in [4.78, 5) is 30.5. The minimum atomic E-state index is -4.71. The van der Waals surface area contributed by atoms with Crippen LogP contribution in [0.3, 0.4) is 0 Å². The maximum absolute atomic E-state index is 12.7. The molecule has 2 rings (SSSR count). The first kappa shape index (κ1) is 20.0. The predicted octanol–water partition coefficient (Wildman–Crippen LogP) is 3.10. The minimum absolute atomic E-state index is 0.131. The first-order valence-corrected chi connectivity index (χ1v) is 8.80. The summed E-state index contributed by atoms with van der Waals surface area (Å²) in [6, 6.07) is 8.22. The van der Waals surface area contributed by atoms with E-state index in [4.69, 9.17) is 0 Å². The van der Waals surface area contributed by atoms with Crippen LogP contribution in [0.15, 0.2) is 40.3 Å². The number of thioether (sulfide) groups is 1. The molecule has 0 radical (unpaired) electrons. The molecule has 2 aromatic rings. The number of carbonyl (C=O) groups excluding carboxylic acids is 1. The van der Waals surface area contributed by atoms with Gasteiger partial charge in [-0.05, 0) is 17.5 Å². The number of carbonyl (C=O) groups is 1. The highest BCUT2D eigenvalue weighted by Crippen LogP contribution is 2.27. The van der Waals surface area contributed by atoms with E-state index >= 15 is 0 Å². The maximum Gasteiger partial charge on any atom is 0.433 e. The lowest BCUT2D eigenvalue weighted by atomic mass is 10.1. The van der Waals surface area contributed by atoms with Gasteiger partial charge in [-0.25, -0.2) is 4.98 Å². The van der Waals surface area contributed by atoms with Gasteiger partial charge >= 0.3 is 6.18 Å². The molecule has 0 atom stereocenters. The SMILES string of the molecule is CCc1ccc(CN(C)C(=O)CSc2nc(C(F)(F)F)cc(=O)[nH]2)cc1. The van der Waals surface area contributed by atoms with Crippen LogP contribution in [0.2, 0.25) is 0 Å². The molecule has 1 heterocycles. The molecule has 0 bridgehead atoms. The van der Waals surface area contributed by atoms with Crippen molar-refractivity contribution in [3.05, 3.63) is 57.5 Å². The van der Waals surface area contributed by atoms with Crippen molar-refractivity contribution in [2.45, 2.75) is 31.2 Å². The summed E-state index contributed by atoms with van der Waals surface area (Å²) < 4.78 is 38.0. The summed E-state index contributed by atoms with van der Waals surface area (Å²) >= 11 is 0.760. The van der Waals surface area contributed by atoms with Crippen molar-refractivity contribution >= 4 is 17.7 Å². The fourth-order valence-corrected chi connectivity index (χ4v) is 2.95. The molecule has 1 N–H and O–H groups in total. The molecule has 9 heteroatoms. The number of nitrogens with one attached hydrogen (secondary N) is 1. The van der Waals surface area contributed by atoms with Gasteiger partial charge < -0.3 is 9.88 Å². The zero-order chi connectivity index (χ0) is 19.3. The van der Waals surface area contributed by atoms with E-state index in [9.17, 15) is 22.8 Å². The van der Waals surface area contributed by atoms with E-state index < -0.39 is 17.4 Å². The normalized spacial score (nSPS) is 11.4. The molecule has 5 nitrogen and oxygen atoms in total. The largest absolute Gasteiger partial charge is 0.433 e. The lowest BCUT2D eigenvalue weighted by molar-refractivity contribution is -0.141. The van der Waals surface area contributed by atoms with Crippen molar-refractivity contribution in [2.75, 3.05) is 12.8 Å². The third-order valence-electron chi connectivity index (χ3n) is 3.62. The van der Waals surface area contributed by atoms with E-state index in [-0.39, 0.29) is 16.8 Å². The summed E-state index contributed by atoms with van der Waals surface area (Å²) in [6.07, 6.45) is -3.79. The van der Waals surface area contributed by atoms with E-state index in [0.717, 1.165) is 23.7 Å². The van der Waals surface area contributed by atoms with E-state index in [1.54, 1.807) is 7.05 Å². The van der Waals surface area contributed by atoms with Crippen LogP contribution in [-0.4, -0.2) is 33.6 Å². The number of alkyl halides is 3. The summed E-state index contributed by atoms with van der Waals surface area (Å²) in [6.45, 7) is 2.43. The molecule has 0 saturated carbocycles. The Hall–Kier alpha value is -2.29. The van der Waals surface area contributed by atoms with Crippen LogP contribution in [0.1, 0.15) is 23.7 Å². The van der Waals surface area contributed by atoms with Gasteiger partial charge in [0.1, 0.15) is 0 Å². The first-order valence-electron chi connectivity index (χ1n) is 7.82. The first-order chi connectivity index (χ1) is 12.2. The van der Waals surface area contributed by atoms with Crippen LogP contribution < -0.4 is 5.56 Å². The van der Waals surface area contributed by atoms with Gasteiger partial charge in [-0.15, -0.1) is 0 Å². The van der Waals surface area contributed by atoms with Gasteiger partial charge in [0.15, 0.2) is 10.9 Å². The van der Waals surface area contributed by atoms with Gasteiger partial charge in [0.25, 0.3) is 5.56 Å². The second kappa shape index (κ2) is 8.39. The zero-order valence-corrected chi connectivity index (χ0v) is 15.1. The number of nitrogens with zero attached hydrogens (tertiary/aromatic N) is 2. The Bertz CT molecular complexity index is 819. The third-order valence-corrected chi connectivity index (χ3v) is 4.48. The molecule has 0 saturated heterocycles. The number of hydrogen-bond donors (Lipinski definition) is 1. The molecule has 0 unspecified atom stereocenters. The van der Waals surface area contributed by atoms with Crippen LogP contribution >= 0.6 is 11.8 Å². The molecule has 0 spiro atoms. The lowest BCUT2D eigenvalue weighted by Crippen LogP contribution is -2.28. The molecule has 0 aliphatic rings. The summed E-state index contributed by atoms with van der Waals surface area (Å²) in [5.74, 6) is -0.414. The Labute approximate surface area is 152 Å². The molecule has 26 heavy (non-hydrogen) atoms. The summed E-state index contributed by atoms with van der Waals surface area (Å²) in [7, 11) is 1.61. The van der Waals surface area contributed by atoms with Gasteiger partial charge in [0.2, 0.25) is 5.91 Å². The van der Waals surface area contributed by atoms with E-state index in [1.807, 2.05) is 31.2 Å². The molecule has 1 aromatic heterocycles. The Balaban J connectivity index is 1.97. The number of hydrogen-bond acceptors (Lipinski definition) is 4. The number of rotatable bonds is 6. The van der Waals surface area contributed by atoms with Crippen molar-refractivity contribution in [3.8, 4) is 0 Å². The molecule has 0 aliphatic carbocycles. The molecule has 140 valence electrons. The van der Waals surface area contributed by atoms with Gasteiger partial charge in [0.05, 0.1) is 5.75 Å². The fourth-order valence-electron chi connectivity index (χ4n) is 2.13. The van der Waals surface area contributed by atoms with Crippen molar-refractivity contribution < 1.29 is 18.0 Å². The Morgan fingerprint density at radius 2 is 1.85 bits per heavy atom. The van der Waals surface area contributed by atoms with Crippen LogP contribution in [-0.2, 0) is 23.9 Å². The van der Waals surface area contributed by atoms with Crippen LogP contribution in [0, 0.1) is 0 Å². The molecule has 1 amide bonds. The minimum Gasteiger partial charge on any atom is -0.341 e. The number of halogens is 3.